The summed E-state index contributed by atoms with van der Waals surface area (Å²) in [6, 6.07) is 19.7. The standard InChI is InChI=1S/C26H26N4O.2C2HF3O2/c1-2-5-21(6-3-1)26-11-8-25-28-17-23(20-9-13-27-14-10-20)30(25)19-24(26)29(15-12-26)18-22-7-4-16-31-22;2*3-2(4,5)1(6)7/h1-7,9-10,13-14,16-17,24H,8,11-12,15,18-19H2;2*(H,6,7). The van der Waals surface area contributed by atoms with Gasteiger partial charge in [-0.2, -0.15) is 26.3 Å². The third kappa shape index (κ3) is 7.90. The Morgan fingerprint density at radius 1 is 0.911 bits per heavy atom. The van der Waals surface area contributed by atoms with Crippen LogP contribution >= 0.6 is 0 Å². The summed E-state index contributed by atoms with van der Waals surface area (Å²) in [5.74, 6) is -3.29. The lowest BCUT2D eigenvalue weighted by Gasteiger charge is -2.37. The number of carboxylic acid groups (broad SMARTS) is 2. The molecule has 0 spiro atoms. The molecule has 2 aliphatic heterocycles. The van der Waals surface area contributed by atoms with Crippen LogP contribution in [0, 0.1) is 0 Å². The molecule has 240 valence electrons. The molecule has 1 saturated heterocycles. The lowest BCUT2D eigenvalue weighted by Crippen LogP contribution is -2.44. The molecule has 0 radical (unpaired) electrons. The summed E-state index contributed by atoms with van der Waals surface area (Å²) in [6.07, 6.45) is 0.633. The summed E-state index contributed by atoms with van der Waals surface area (Å²) in [7, 11) is 0. The zero-order valence-electron chi connectivity index (χ0n) is 23.5. The number of alkyl halides is 6. The van der Waals surface area contributed by atoms with Crippen LogP contribution in [0.2, 0.25) is 0 Å². The largest absolute Gasteiger partial charge is 0.490 e. The molecule has 1 fully saturated rings. The molecule has 4 aromatic rings. The van der Waals surface area contributed by atoms with Gasteiger partial charge in [0.05, 0.1) is 24.7 Å². The van der Waals surface area contributed by atoms with Crippen LogP contribution in [0.1, 0.15) is 30.0 Å². The Balaban J connectivity index is 0.000000277. The van der Waals surface area contributed by atoms with Crippen LogP contribution in [0.3, 0.4) is 0 Å². The molecule has 6 rings (SSSR count). The van der Waals surface area contributed by atoms with Crippen LogP contribution in [0.5, 0.6) is 0 Å². The fraction of sp³-hybridized carbons (Fsp3) is 0.333. The van der Waals surface area contributed by atoms with Gasteiger partial charge in [0.25, 0.3) is 0 Å². The lowest BCUT2D eigenvalue weighted by molar-refractivity contribution is -0.193. The highest BCUT2D eigenvalue weighted by Crippen LogP contribution is 2.47. The Bertz CT molecular complexity index is 1540. The monoisotopic (exact) mass is 638 g/mol. The molecule has 45 heavy (non-hydrogen) atoms. The number of imidazole rings is 1. The number of benzene rings is 1. The van der Waals surface area contributed by atoms with Crippen molar-refractivity contribution < 1.29 is 50.6 Å². The van der Waals surface area contributed by atoms with Crippen molar-refractivity contribution in [2.75, 3.05) is 6.54 Å². The topological polar surface area (TPSA) is 122 Å². The third-order valence-electron chi connectivity index (χ3n) is 7.76. The number of furan rings is 1. The molecule has 0 saturated carbocycles. The Hall–Kier alpha value is -4.66. The van der Waals surface area contributed by atoms with Gasteiger partial charge in [-0.15, -0.1) is 0 Å². The second kappa shape index (κ2) is 13.5. The van der Waals surface area contributed by atoms with E-state index in [1.54, 1.807) is 6.26 Å². The number of fused-ring (bicyclic) bond motifs is 2. The zero-order valence-corrected chi connectivity index (χ0v) is 23.5. The SMILES string of the molecule is O=C(O)C(F)(F)F.O=C(O)C(F)(F)F.c1ccc(C23CCc4ncc(-c5ccncc5)n4CC2N(Cc2ccco2)CC3)cc1. The van der Waals surface area contributed by atoms with Crippen LogP contribution in [-0.2, 0) is 34.5 Å². The number of carbonyl (C=O) groups is 2. The van der Waals surface area contributed by atoms with Crippen molar-refractivity contribution in [1.82, 2.24) is 19.4 Å². The van der Waals surface area contributed by atoms with E-state index in [0.717, 1.165) is 44.7 Å². The van der Waals surface area contributed by atoms with Crippen molar-refractivity contribution in [3.8, 4) is 11.3 Å². The van der Waals surface area contributed by atoms with E-state index in [2.05, 4.69) is 63.0 Å². The van der Waals surface area contributed by atoms with Gasteiger partial charge in [-0.1, -0.05) is 30.3 Å². The smallest absolute Gasteiger partial charge is 0.475 e. The summed E-state index contributed by atoms with van der Waals surface area (Å²) in [5.41, 5.74) is 3.95. The van der Waals surface area contributed by atoms with Gasteiger partial charge in [0, 0.05) is 42.4 Å². The number of aryl methyl sites for hydroxylation is 1. The molecule has 5 heterocycles. The number of pyridine rings is 1. The van der Waals surface area contributed by atoms with Gasteiger partial charge in [-0.05, 0) is 49.2 Å². The minimum absolute atomic E-state index is 0.129. The fourth-order valence-corrected chi connectivity index (χ4v) is 5.72. The number of likely N-dealkylation sites (tertiary alicyclic amines) is 1. The Kier molecular flexibility index (Phi) is 10.0. The summed E-state index contributed by atoms with van der Waals surface area (Å²) in [6.45, 7) is 2.86. The van der Waals surface area contributed by atoms with Crippen LogP contribution in [-0.4, -0.2) is 66.5 Å². The number of hydrogen-bond donors (Lipinski definition) is 2. The van der Waals surface area contributed by atoms with Crippen molar-refractivity contribution in [2.24, 2.45) is 0 Å². The van der Waals surface area contributed by atoms with E-state index in [-0.39, 0.29) is 5.41 Å². The molecule has 0 amide bonds. The van der Waals surface area contributed by atoms with Crippen LogP contribution < -0.4 is 0 Å². The van der Waals surface area contributed by atoms with E-state index >= 15 is 0 Å². The summed E-state index contributed by atoms with van der Waals surface area (Å²) in [4.78, 5) is 29.5. The second-order valence-corrected chi connectivity index (χ2v) is 10.3. The minimum Gasteiger partial charge on any atom is -0.475 e. The first kappa shape index (κ1) is 33.2. The van der Waals surface area contributed by atoms with Gasteiger partial charge in [0.2, 0.25) is 0 Å². The maximum atomic E-state index is 10.6. The number of nitrogens with zero attached hydrogens (tertiary/aromatic N) is 4. The summed E-state index contributed by atoms with van der Waals surface area (Å²) >= 11 is 0. The van der Waals surface area contributed by atoms with E-state index in [1.807, 2.05) is 24.7 Å². The molecule has 3 aromatic heterocycles. The first-order valence-corrected chi connectivity index (χ1v) is 13.6. The molecule has 2 aliphatic rings. The number of carboxylic acids is 2. The van der Waals surface area contributed by atoms with Crippen molar-refractivity contribution in [1.29, 1.82) is 0 Å². The molecular weight excluding hydrogens is 610 g/mol. The Labute approximate surface area is 252 Å². The Morgan fingerprint density at radius 2 is 1.53 bits per heavy atom. The predicted molar refractivity (Wildman–Crippen MR) is 147 cm³/mol. The van der Waals surface area contributed by atoms with E-state index in [9.17, 15) is 26.3 Å². The average molecular weight is 639 g/mol. The van der Waals surface area contributed by atoms with Crippen LogP contribution in [0.15, 0.2) is 83.9 Å². The third-order valence-corrected chi connectivity index (χ3v) is 7.76. The molecule has 2 atom stereocenters. The highest BCUT2D eigenvalue weighted by Gasteiger charge is 2.50. The maximum Gasteiger partial charge on any atom is 0.490 e. The second-order valence-electron chi connectivity index (χ2n) is 10.3. The van der Waals surface area contributed by atoms with E-state index < -0.39 is 24.3 Å². The summed E-state index contributed by atoms with van der Waals surface area (Å²) in [5, 5.41) is 14.2. The molecule has 0 aliphatic carbocycles. The molecule has 1 aromatic carbocycles. The number of halogens is 6. The van der Waals surface area contributed by atoms with E-state index in [4.69, 9.17) is 29.2 Å². The van der Waals surface area contributed by atoms with Gasteiger partial charge in [-0.25, -0.2) is 14.6 Å². The Morgan fingerprint density at radius 3 is 2.09 bits per heavy atom. The maximum absolute atomic E-state index is 10.6. The molecule has 0 bridgehead atoms. The van der Waals surface area contributed by atoms with Gasteiger partial charge >= 0.3 is 24.3 Å². The number of hydrogen-bond acceptors (Lipinski definition) is 6. The normalized spacial score (nSPS) is 19.6. The van der Waals surface area contributed by atoms with Crippen molar-refractivity contribution in [3.63, 3.8) is 0 Å². The molecular formula is C30H28F6N4O5. The van der Waals surface area contributed by atoms with Gasteiger partial charge in [0.15, 0.2) is 0 Å². The van der Waals surface area contributed by atoms with Crippen molar-refractivity contribution >= 4 is 11.9 Å². The molecule has 9 nitrogen and oxygen atoms in total. The minimum atomic E-state index is -5.08. The van der Waals surface area contributed by atoms with Crippen molar-refractivity contribution in [3.05, 3.63) is 96.6 Å². The van der Waals surface area contributed by atoms with Gasteiger partial charge in [-0.3, -0.25) is 9.88 Å². The number of rotatable bonds is 4. The fourth-order valence-electron chi connectivity index (χ4n) is 5.72. The molecule has 2 unspecified atom stereocenters. The number of aliphatic carboxylic acids is 2. The lowest BCUT2D eigenvalue weighted by atomic mass is 9.71. The first-order valence-electron chi connectivity index (χ1n) is 13.6. The van der Waals surface area contributed by atoms with Crippen LogP contribution in [0.4, 0.5) is 26.3 Å². The summed E-state index contributed by atoms with van der Waals surface area (Å²) < 4.78 is 71.6. The molecule has 15 heteroatoms. The van der Waals surface area contributed by atoms with E-state index in [0.29, 0.717) is 6.04 Å². The van der Waals surface area contributed by atoms with Crippen molar-refractivity contribution in [2.45, 2.75) is 56.2 Å². The highest BCUT2D eigenvalue weighted by molar-refractivity contribution is 5.73. The highest BCUT2D eigenvalue weighted by atomic mass is 19.4. The predicted octanol–water partition coefficient (Wildman–Crippen LogP) is 5.96. The van der Waals surface area contributed by atoms with Gasteiger partial charge in [0.1, 0.15) is 11.6 Å². The van der Waals surface area contributed by atoms with E-state index in [1.165, 1.54) is 22.6 Å². The quantitative estimate of drug-likeness (QED) is 0.263. The zero-order chi connectivity index (χ0) is 32.8. The average Bonchev–Trinajstić information content (AvgIpc) is 3.72. The first-order chi connectivity index (χ1) is 21.2. The van der Waals surface area contributed by atoms with Gasteiger partial charge < -0.3 is 19.2 Å². The molecule has 2 N–H and O–H groups in total. The van der Waals surface area contributed by atoms with Crippen LogP contribution in [0.25, 0.3) is 11.3 Å². The number of aromatic nitrogens is 3.